The van der Waals surface area contributed by atoms with E-state index in [1.165, 1.54) is 6.07 Å². The first kappa shape index (κ1) is 9.90. The number of rotatable bonds is 1. The molecule has 1 aliphatic rings. The van der Waals surface area contributed by atoms with Gasteiger partial charge in [0.1, 0.15) is 5.82 Å². The highest BCUT2D eigenvalue weighted by atomic mass is 35.5. The molecule has 1 aromatic rings. The third-order valence-corrected chi connectivity index (χ3v) is 2.80. The molecular weight excluding hydrogens is 203 g/mol. The molecule has 1 saturated heterocycles. The Morgan fingerprint density at radius 2 is 2.21 bits per heavy atom. The van der Waals surface area contributed by atoms with E-state index in [-0.39, 0.29) is 16.9 Å². The molecule has 1 fully saturated rings. The zero-order chi connectivity index (χ0) is 9.97. The minimum Gasteiger partial charge on any atom is -0.314 e. The second kappa shape index (κ2) is 4.26. The maximum Gasteiger partial charge on any atom is 0.142 e. The quantitative estimate of drug-likeness (QED) is 0.744. The van der Waals surface area contributed by atoms with Crippen molar-refractivity contribution in [3.63, 3.8) is 0 Å². The van der Waals surface area contributed by atoms with E-state index < -0.39 is 0 Å². The monoisotopic (exact) mass is 214 g/mol. The van der Waals surface area contributed by atoms with Crippen LogP contribution in [0.2, 0.25) is 5.02 Å². The van der Waals surface area contributed by atoms with E-state index in [0.717, 1.165) is 25.2 Å². The van der Waals surface area contributed by atoms with Crippen LogP contribution >= 0.6 is 11.6 Å². The Morgan fingerprint density at radius 1 is 1.36 bits per heavy atom. The molecule has 1 atom stereocenters. The van der Waals surface area contributed by atoms with Gasteiger partial charge in [0, 0.05) is 25.7 Å². The topological polar surface area (TPSA) is 24.1 Å². The van der Waals surface area contributed by atoms with Gasteiger partial charge in [0.05, 0.1) is 5.02 Å². The van der Waals surface area contributed by atoms with E-state index in [4.69, 9.17) is 11.6 Å². The SMILES string of the molecule is Fc1cccc(C2CNCCN2)c1Cl. The van der Waals surface area contributed by atoms with Crippen molar-refractivity contribution in [2.45, 2.75) is 6.04 Å². The van der Waals surface area contributed by atoms with Gasteiger partial charge in [0.2, 0.25) is 0 Å². The van der Waals surface area contributed by atoms with Gasteiger partial charge in [0.25, 0.3) is 0 Å². The van der Waals surface area contributed by atoms with Crippen LogP contribution in [-0.4, -0.2) is 19.6 Å². The average Bonchev–Trinajstić information content (AvgIpc) is 2.23. The van der Waals surface area contributed by atoms with Crippen LogP contribution in [0.25, 0.3) is 0 Å². The van der Waals surface area contributed by atoms with Gasteiger partial charge in [0.15, 0.2) is 0 Å². The molecule has 1 heterocycles. The maximum atomic E-state index is 13.2. The molecule has 14 heavy (non-hydrogen) atoms. The molecule has 0 saturated carbocycles. The van der Waals surface area contributed by atoms with Crippen LogP contribution in [0, 0.1) is 5.82 Å². The number of nitrogens with one attached hydrogen (secondary N) is 2. The molecule has 0 bridgehead atoms. The first-order valence-corrected chi connectivity index (χ1v) is 5.05. The number of piperazine rings is 1. The molecule has 2 nitrogen and oxygen atoms in total. The van der Waals surface area contributed by atoms with Crippen LogP contribution in [0.5, 0.6) is 0 Å². The van der Waals surface area contributed by atoms with Crippen molar-refractivity contribution < 1.29 is 4.39 Å². The van der Waals surface area contributed by atoms with Gasteiger partial charge in [-0.1, -0.05) is 23.7 Å². The molecular formula is C10H12ClFN2. The van der Waals surface area contributed by atoms with E-state index in [1.807, 2.05) is 6.07 Å². The lowest BCUT2D eigenvalue weighted by atomic mass is 10.1. The van der Waals surface area contributed by atoms with Crippen LogP contribution in [0.15, 0.2) is 18.2 Å². The molecule has 2 rings (SSSR count). The minimum absolute atomic E-state index is 0.118. The first-order chi connectivity index (χ1) is 6.79. The summed E-state index contributed by atoms with van der Waals surface area (Å²) in [5.41, 5.74) is 0.832. The maximum absolute atomic E-state index is 13.2. The largest absolute Gasteiger partial charge is 0.314 e. The Kier molecular flexibility index (Phi) is 3.01. The number of benzene rings is 1. The lowest BCUT2D eigenvalue weighted by Gasteiger charge is -2.25. The van der Waals surface area contributed by atoms with Crippen molar-refractivity contribution >= 4 is 11.6 Å². The number of hydrogen-bond donors (Lipinski definition) is 2. The lowest BCUT2D eigenvalue weighted by molar-refractivity contribution is 0.429. The second-order valence-corrected chi connectivity index (χ2v) is 3.73. The third-order valence-electron chi connectivity index (χ3n) is 2.40. The van der Waals surface area contributed by atoms with Gasteiger partial charge in [-0.25, -0.2) is 4.39 Å². The molecule has 1 aromatic carbocycles. The summed E-state index contributed by atoms with van der Waals surface area (Å²) in [7, 11) is 0. The van der Waals surface area contributed by atoms with Crippen molar-refractivity contribution in [1.29, 1.82) is 0 Å². The van der Waals surface area contributed by atoms with E-state index in [0.29, 0.717) is 0 Å². The summed E-state index contributed by atoms with van der Waals surface area (Å²) in [5.74, 6) is -0.350. The van der Waals surface area contributed by atoms with E-state index in [2.05, 4.69) is 10.6 Å². The summed E-state index contributed by atoms with van der Waals surface area (Å²) < 4.78 is 13.2. The van der Waals surface area contributed by atoms with Gasteiger partial charge >= 0.3 is 0 Å². The average molecular weight is 215 g/mol. The molecule has 2 N–H and O–H groups in total. The van der Waals surface area contributed by atoms with Crippen LogP contribution in [0.4, 0.5) is 4.39 Å². The van der Waals surface area contributed by atoms with Crippen LogP contribution in [0.1, 0.15) is 11.6 Å². The van der Waals surface area contributed by atoms with Crippen molar-refractivity contribution in [2.75, 3.05) is 19.6 Å². The highest BCUT2D eigenvalue weighted by Crippen LogP contribution is 2.25. The zero-order valence-corrected chi connectivity index (χ0v) is 8.44. The Balaban J connectivity index is 2.26. The number of hydrogen-bond acceptors (Lipinski definition) is 2. The third kappa shape index (κ3) is 1.90. The molecule has 0 aliphatic carbocycles. The first-order valence-electron chi connectivity index (χ1n) is 4.67. The van der Waals surface area contributed by atoms with Crippen molar-refractivity contribution in [1.82, 2.24) is 10.6 Å². The smallest absolute Gasteiger partial charge is 0.142 e. The molecule has 0 aromatic heterocycles. The van der Waals surface area contributed by atoms with Gasteiger partial charge in [-0.3, -0.25) is 0 Å². The summed E-state index contributed by atoms with van der Waals surface area (Å²) in [6.07, 6.45) is 0. The molecule has 76 valence electrons. The predicted molar refractivity (Wildman–Crippen MR) is 55.0 cm³/mol. The van der Waals surface area contributed by atoms with E-state index in [9.17, 15) is 4.39 Å². The van der Waals surface area contributed by atoms with Gasteiger partial charge in [-0.2, -0.15) is 0 Å². The van der Waals surface area contributed by atoms with Crippen molar-refractivity contribution in [2.24, 2.45) is 0 Å². The molecule has 1 aliphatic heterocycles. The Labute approximate surface area is 87.5 Å². The van der Waals surface area contributed by atoms with Crippen LogP contribution < -0.4 is 10.6 Å². The van der Waals surface area contributed by atoms with Gasteiger partial charge < -0.3 is 10.6 Å². The standard InChI is InChI=1S/C10H12ClFN2/c11-10-7(2-1-3-8(10)12)9-6-13-4-5-14-9/h1-3,9,13-14H,4-6H2. The Morgan fingerprint density at radius 3 is 2.93 bits per heavy atom. The Hall–Kier alpha value is -0.640. The molecule has 0 spiro atoms. The number of halogens is 2. The summed E-state index contributed by atoms with van der Waals surface area (Å²) in [5, 5.41) is 6.76. The summed E-state index contributed by atoms with van der Waals surface area (Å²) in [6.45, 7) is 2.63. The van der Waals surface area contributed by atoms with E-state index in [1.54, 1.807) is 6.07 Å². The second-order valence-electron chi connectivity index (χ2n) is 3.35. The van der Waals surface area contributed by atoms with Gasteiger partial charge in [-0.05, 0) is 11.6 Å². The molecule has 1 unspecified atom stereocenters. The summed E-state index contributed by atoms with van der Waals surface area (Å²) >= 11 is 5.88. The van der Waals surface area contributed by atoms with Crippen molar-refractivity contribution in [3.05, 3.63) is 34.6 Å². The van der Waals surface area contributed by atoms with Crippen LogP contribution in [-0.2, 0) is 0 Å². The fourth-order valence-electron chi connectivity index (χ4n) is 1.66. The molecule has 0 radical (unpaired) electrons. The summed E-state index contributed by atoms with van der Waals surface area (Å²) in [6, 6.07) is 5.04. The highest BCUT2D eigenvalue weighted by Gasteiger charge is 2.18. The fourth-order valence-corrected chi connectivity index (χ4v) is 1.92. The summed E-state index contributed by atoms with van der Waals surface area (Å²) in [4.78, 5) is 0. The predicted octanol–water partition coefficient (Wildman–Crippen LogP) is 1.71. The normalized spacial score (nSPS) is 22.3. The Bertz CT molecular complexity index is 324. The van der Waals surface area contributed by atoms with Crippen molar-refractivity contribution in [3.8, 4) is 0 Å². The van der Waals surface area contributed by atoms with Gasteiger partial charge in [-0.15, -0.1) is 0 Å². The molecule has 0 amide bonds. The highest BCUT2D eigenvalue weighted by molar-refractivity contribution is 6.31. The van der Waals surface area contributed by atoms with Crippen LogP contribution in [0.3, 0.4) is 0 Å². The van der Waals surface area contributed by atoms with E-state index >= 15 is 0 Å². The zero-order valence-electron chi connectivity index (χ0n) is 7.69. The fraction of sp³-hybridized carbons (Fsp3) is 0.400. The molecule has 4 heteroatoms. The lowest BCUT2D eigenvalue weighted by Crippen LogP contribution is -2.42. The minimum atomic E-state index is -0.350.